The van der Waals surface area contributed by atoms with Crippen LogP contribution in [0.25, 0.3) is 22.3 Å². The number of hydrogen-bond donors (Lipinski definition) is 2. The molecule has 188 valence electrons. The fourth-order valence-electron chi connectivity index (χ4n) is 3.64. The van der Waals surface area contributed by atoms with Crippen molar-refractivity contribution in [3.8, 4) is 33.8 Å². The third-order valence-corrected chi connectivity index (χ3v) is 6.53. The minimum absolute atomic E-state index is 0.234. The summed E-state index contributed by atoms with van der Waals surface area (Å²) in [7, 11) is 0. The molecule has 7 nitrogen and oxygen atoms in total. The second-order valence-electron chi connectivity index (χ2n) is 9.39. The molecule has 3 aromatic rings. The number of alkyl carbamates (subject to hydrolysis) is 1. The molecule has 0 saturated carbocycles. The van der Waals surface area contributed by atoms with E-state index in [1.54, 1.807) is 20.8 Å². The predicted molar refractivity (Wildman–Crippen MR) is 140 cm³/mol. The van der Waals surface area contributed by atoms with Gasteiger partial charge in [0.05, 0.1) is 0 Å². The summed E-state index contributed by atoms with van der Waals surface area (Å²) in [5.41, 5.74) is 4.75. The van der Waals surface area contributed by atoms with Crippen LogP contribution in [-0.2, 0) is 15.3 Å². The smallest absolute Gasteiger partial charge is 0.408 e. The van der Waals surface area contributed by atoms with E-state index in [2.05, 4.69) is 41.7 Å². The number of ether oxygens (including phenoxy) is 3. The topological polar surface area (TPSA) is 94.1 Å². The molecule has 1 heterocycles. The lowest BCUT2D eigenvalue weighted by molar-refractivity contribution is -0.138. The van der Waals surface area contributed by atoms with E-state index in [-0.39, 0.29) is 12.5 Å². The summed E-state index contributed by atoms with van der Waals surface area (Å²) in [6.45, 7) is 5.45. The number of aliphatic carboxylic acids is 1. The Morgan fingerprint density at radius 3 is 2.08 bits per heavy atom. The molecular weight excluding hydrogens is 478 g/mol. The van der Waals surface area contributed by atoms with Gasteiger partial charge in [0.25, 0.3) is 0 Å². The molecule has 0 radical (unpaired) electrons. The van der Waals surface area contributed by atoms with E-state index >= 15 is 0 Å². The average molecular weight is 508 g/mol. The number of rotatable bonds is 8. The molecule has 0 aromatic heterocycles. The normalized spacial score (nSPS) is 13.2. The van der Waals surface area contributed by atoms with E-state index in [9.17, 15) is 14.7 Å². The highest BCUT2D eigenvalue weighted by molar-refractivity contribution is 7.98. The van der Waals surface area contributed by atoms with Crippen molar-refractivity contribution < 1.29 is 28.9 Å². The second-order valence-corrected chi connectivity index (χ2v) is 10.4. The van der Waals surface area contributed by atoms with Gasteiger partial charge in [-0.1, -0.05) is 54.6 Å². The fraction of sp³-hybridized carbons (Fsp3) is 0.286. The van der Waals surface area contributed by atoms with Gasteiger partial charge in [-0.3, -0.25) is 0 Å². The minimum Gasteiger partial charge on any atom is -0.480 e. The largest absolute Gasteiger partial charge is 0.480 e. The van der Waals surface area contributed by atoms with E-state index < -0.39 is 23.7 Å². The quantitative estimate of drug-likeness (QED) is 0.388. The molecule has 0 aliphatic carbocycles. The first-order chi connectivity index (χ1) is 17.2. The molecule has 1 atom stereocenters. The monoisotopic (exact) mass is 507 g/mol. The van der Waals surface area contributed by atoms with Crippen molar-refractivity contribution in [1.82, 2.24) is 5.32 Å². The van der Waals surface area contributed by atoms with E-state index in [0.717, 1.165) is 39.3 Å². The standard InChI is InChI=1S/C28H29NO6S/c1-28(2,3)35-27(32)29-23(26(30)31)16-36-15-18-4-6-19(7-5-18)20-8-10-21(11-9-20)22-12-13-24-25(14-22)34-17-33-24/h4-14,23H,15-17H2,1-3H3,(H,29,32)(H,30,31)/t23-/m0/s1. The third-order valence-electron chi connectivity index (χ3n) is 5.42. The van der Waals surface area contributed by atoms with Gasteiger partial charge in [0.1, 0.15) is 11.6 Å². The average Bonchev–Trinajstić information content (AvgIpc) is 3.31. The highest BCUT2D eigenvalue weighted by atomic mass is 32.2. The Bertz CT molecular complexity index is 1220. The van der Waals surface area contributed by atoms with Crippen molar-refractivity contribution >= 4 is 23.8 Å². The maximum absolute atomic E-state index is 11.9. The van der Waals surface area contributed by atoms with Crippen LogP contribution in [0.5, 0.6) is 11.5 Å². The van der Waals surface area contributed by atoms with Gasteiger partial charge in [-0.2, -0.15) is 11.8 Å². The summed E-state index contributed by atoms with van der Waals surface area (Å²) >= 11 is 1.44. The minimum atomic E-state index is -1.09. The zero-order chi connectivity index (χ0) is 25.7. The lowest BCUT2D eigenvalue weighted by Gasteiger charge is -2.21. The van der Waals surface area contributed by atoms with Gasteiger partial charge in [0, 0.05) is 11.5 Å². The van der Waals surface area contributed by atoms with Crippen LogP contribution in [0.1, 0.15) is 26.3 Å². The van der Waals surface area contributed by atoms with Crippen LogP contribution in [0.2, 0.25) is 0 Å². The number of carboxylic acids is 1. The molecule has 2 N–H and O–H groups in total. The van der Waals surface area contributed by atoms with Gasteiger partial charge in [-0.25, -0.2) is 9.59 Å². The number of carbonyl (C=O) groups excluding carboxylic acids is 1. The summed E-state index contributed by atoms with van der Waals surface area (Å²) in [6, 6.07) is 21.4. The first kappa shape index (κ1) is 25.4. The van der Waals surface area contributed by atoms with Gasteiger partial charge < -0.3 is 24.6 Å². The SMILES string of the molecule is CC(C)(C)OC(=O)N[C@@H](CSCc1ccc(-c2ccc(-c3ccc4c(c3)OCO4)cc2)cc1)C(=O)O. The molecule has 1 aliphatic heterocycles. The molecule has 3 aromatic carbocycles. The van der Waals surface area contributed by atoms with Crippen molar-refractivity contribution in [3.63, 3.8) is 0 Å². The predicted octanol–water partition coefficient (Wildman–Crippen LogP) is 5.96. The van der Waals surface area contributed by atoms with Crippen LogP contribution in [0.4, 0.5) is 4.79 Å². The molecule has 0 spiro atoms. The summed E-state index contributed by atoms with van der Waals surface area (Å²) in [5.74, 6) is 1.31. The van der Waals surface area contributed by atoms with Crippen LogP contribution in [0.15, 0.2) is 66.7 Å². The van der Waals surface area contributed by atoms with Crippen LogP contribution < -0.4 is 14.8 Å². The summed E-state index contributed by atoms with van der Waals surface area (Å²) in [5, 5.41) is 11.8. The Balaban J connectivity index is 1.31. The summed E-state index contributed by atoms with van der Waals surface area (Å²) < 4.78 is 16.0. The number of carboxylic acid groups (broad SMARTS) is 1. The summed E-state index contributed by atoms with van der Waals surface area (Å²) in [4.78, 5) is 23.4. The van der Waals surface area contributed by atoms with E-state index in [1.165, 1.54) is 11.8 Å². The molecule has 0 saturated heterocycles. The van der Waals surface area contributed by atoms with Gasteiger partial charge >= 0.3 is 12.1 Å². The van der Waals surface area contributed by atoms with Gasteiger partial charge in [0.2, 0.25) is 6.79 Å². The van der Waals surface area contributed by atoms with E-state index in [1.807, 2.05) is 30.3 Å². The van der Waals surface area contributed by atoms with Crippen molar-refractivity contribution in [2.75, 3.05) is 12.5 Å². The Labute approximate surface area is 214 Å². The van der Waals surface area contributed by atoms with Gasteiger partial charge in [0.15, 0.2) is 11.5 Å². The first-order valence-corrected chi connectivity index (χ1v) is 12.7. The number of carbonyl (C=O) groups is 2. The third kappa shape index (κ3) is 6.73. The molecule has 36 heavy (non-hydrogen) atoms. The molecule has 0 fully saturated rings. The van der Waals surface area contributed by atoms with Crippen LogP contribution >= 0.6 is 11.8 Å². The van der Waals surface area contributed by atoms with Crippen molar-refractivity contribution in [2.24, 2.45) is 0 Å². The van der Waals surface area contributed by atoms with Gasteiger partial charge in [-0.15, -0.1) is 0 Å². The lowest BCUT2D eigenvalue weighted by Crippen LogP contribution is -2.44. The second kappa shape index (κ2) is 11.0. The molecule has 8 heteroatoms. The lowest BCUT2D eigenvalue weighted by atomic mass is 9.99. The Kier molecular flexibility index (Phi) is 7.74. The van der Waals surface area contributed by atoms with Crippen LogP contribution in [0.3, 0.4) is 0 Å². The van der Waals surface area contributed by atoms with Crippen molar-refractivity contribution in [3.05, 3.63) is 72.3 Å². The zero-order valence-corrected chi connectivity index (χ0v) is 21.3. The Morgan fingerprint density at radius 2 is 1.47 bits per heavy atom. The fourth-order valence-corrected chi connectivity index (χ4v) is 4.65. The molecular formula is C28H29NO6S. The number of nitrogens with one attached hydrogen (secondary N) is 1. The first-order valence-electron chi connectivity index (χ1n) is 11.6. The summed E-state index contributed by atoms with van der Waals surface area (Å²) in [6.07, 6.45) is -0.732. The molecule has 1 amide bonds. The maximum Gasteiger partial charge on any atom is 0.408 e. The maximum atomic E-state index is 11.9. The highest BCUT2D eigenvalue weighted by Crippen LogP contribution is 2.36. The molecule has 1 aliphatic rings. The van der Waals surface area contributed by atoms with E-state index in [0.29, 0.717) is 5.75 Å². The molecule has 0 unspecified atom stereocenters. The number of benzene rings is 3. The van der Waals surface area contributed by atoms with Crippen molar-refractivity contribution in [1.29, 1.82) is 0 Å². The van der Waals surface area contributed by atoms with Crippen molar-refractivity contribution in [2.45, 2.75) is 38.2 Å². The molecule has 0 bridgehead atoms. The molecule has 4 rings (SSSR count). The number of amides is 1. The number of fused-ring (bicyclic) bond motifs is 1. The number of hydrogen-bond acceptors (Lipinski definition) is 6. The Hall–Kier alpha value is -3.65. The number of thioether (sulfide) groups is 1. The zero-order valence-electron chi connectivity index (χ0n) is 20.4. The Morgan fingerprint density at radius 1 is 0.917 bits per heavy atom. The van der Waals surface area contributed by atoms with Crippen LogP contribution in [0, 0.1) is 0 Å². The highest BCUT2D eigenvalue weighted by Gasteiger charge is 2.24. The van der Waals surface area contributed by atoms with E-state index in [4.69, 9.17) is 14.2 Å². The van der Waals surface area contributed by atoms with Gasteiger partial charge in [-0.05, 0) is 60.7 Å². The van der Waals surface area contributed by atoms with Crippen LogP contribution in [-0.4, -0.2) is 41.4 Å².